The maximum absolute atomic E-state index is 13.4. The summed E-state index contributed by atoms with van der Waals surface area (Å²) in [6.45, 7) is 13.6. The maximum Gasteiger partial charge on any atom is 0.490 e. The van der Waals surface area contributed by atoms with Crippen molar-refractivity contribution in [1.82, 2.24) is 4.90 Å². The second-order valence-electron chi connectivity index (χ2n) is 12.6. The summed E-state index contributed by atoms with van der Waals surface area (Å²) in [7, 11) is -0.622. The molecule has 0 spiro atoms. The van der Waals surface area contributed by atoms with E-state index in [-0.39, 0.29) is 23.6 Å². The van der Waals surface area contributed by atoms with Crippen LogP contribution >= 0.6 is 0 Å². The maximum atomic E-state index is 13.4. The highest BCUT2D eigenvalue weighted by Crippen LogP contribution is 2.46. The summed E-state index contributed by atoms with van der Waals surface area (Å²) in [4.78, 5) is 14.3. The van der Waals surface area contributed by atoms with E-state index in [4.69, 9.17) is 14.0 Å². The predicted octanol–water partition coefficient (Wildman–Crippen LogP) is 7.74. The molecule has 0 bridgehead atoms. The molecule has 0 N–H and O–H groups in total. The summed E-state index contributed by atoms with van der Waals surface area (Å²) < 4.78 is 98.6. The van der Waals surface area contributed by atoms with E-state index in [0.717, 1.165) is 17.5 Å². The second-order valence-corrected chi connectivity index (χ2v) is 12.6. The molecular weight excluding hydrogens is 527 g/mol. The molecule has 216 valence electrons. The molecule has 1 aliphatic carbocycles. The number of hydrogen-bond donors (Lipinski definition) is 0. The Morgan fingerprint density at radius 3 is 1.92 bits per heavy atom. The van der Waals surface area contributed by atoms with Crippen molar-refractivity contribution in [1.29, 1.82) is 0 Å². The number of nitrogens with zero attached hydrogens (tertiary/aromatic N) is 1. The van der Waals surface area contributed by atoms with Gasteiger partial charge in [-0.15, -0.1) is 0 Å². The number of halogens is 6. The van der Waals surface area contributed by atoms with E-state index < -0.39 is 60.0 Å². The van der Waals surface area contributed by atoms with Crippen molar-refractivity contribution >= 4 is 13.2 Å². The lowest BCUT2D eigenvalue weighted by molar-refractivity contribution is -0.143. The van der Waals surface area contributed by atoms with E-state index in [9.17, 15) is 31.1 Å². The van der Waals surface area contributed by atoms with Crippen LogP contribution in [0.4, 0.5) is 31.1 Å². The monoisotopic (exact) mass is 561 g/mol. The molecule has 5 nitrogen and oxygen atoms in total. The lowest BCUT2D eigenvalue weighted by atomic mass is 9.63. The Hall–Kier alpha value is -2.21. The van der Waals surface area contributed by atoms with E-state index in [1.165, 1.54) is 4.90 Å². The number of amides is 1. The van der Waals surface area contributed by atoms with Crippen molar-refractivity contribution in [3.05, 3.63) is 45.9 Å². The third kappa shape index (κ3) is 5.82. The predicted molar refractivity (Wildman–Crippen MR) is 133 cm³/mol. The third-order valence-corrected chi connectivity index (χ3v) is 8.45. The first-order valence-corrected chi connectivity index (χ1v) is 12.9. The summed E-state index contributed by atoms with van der Waals surface area (Å²) in [5, 5.41) is 0. The third-order valence-electron chi connectivity index (χ3n) is 8.45. The number of rotatable bonds is 4. The zero-order chi connectivity index (χ0) is 29.3. The molecule has 2 aliphatic heterocycles. The highest BCUT2D eigenvalue weighted by Gasteiger charge is 2.54. The van der Waals surface area contributed by atoms with Gasteiger partial charge in [-0.05, 0) is 88.5 Å². The summed E-state index contributed by atoms with van der Waals surface area (Å²) in [5.74, 6) is 0. The van der Waals surface area contributed by atoms with Gasteiger partial charge in [0, 0.05) is 6.54 Å². The highest BCUT2D eigenvalue weighted by molar-refractivity contribution is 6.54. The molecule has 3 aliphatic rings. The van der Waals surface area contributed by atoms with Gasteiger partial charge in [0.2, 0.25) is 0 Å². The van der Waals surface area contributed by atoms with Crippen LogP contribution in [0.25, 0.3) is 0 Å². The van der Waals surface area contributed by atoms with Gasteiger partial charge in [0.25, 0.3) is 0 Å². The van der Waals surface area contributed by atoms with Gasteiger partial charge in [0.15, 0.2) is 0 Å². The molecule has 39 heavy (non-hydrogen) atoms. The minimum Gasteiger partial charge on any atom is -0.439 e. The molecule has 12 heteroatoms. The smallest absolute Gasteiger partial charge is 0.439 e. The first kappa shape index (κ1) is 29.8. The molecule has 0 radical (unpaired) electrons. The lowest BCUT2D eigenvalue weighted by Crippen LogP contribution is -2.41. The zero-order valence-electron chi connectivity index (χ0n) is 23.1. The molecule has 1 amide bonds. The molecule has 2 fully saturated rings. The van der Waals surface area contributed by atoms with Crippen molar-refractivity contribution in [3.8, 4) is 0 Å². The van der Waals surface area contributed by atoms with Crippen molar-refractivity contribution in [3.63, 3.8) is 0 Å². The summed E-state index contributed by atoms with van der Waals surface area (Å²) >= 11 is 0. The zero-order valence-corrected chi connectivity index (χ0v) is 23.1. The molecular formula is C27H34BF6NO4. The SMILES string of the molecule is CC1C(c2cc(C(F)(F)F)cc(C(F)(F)F)c2)OC(=O)N1CC1=C(B2OC(C)(C)C(C)(C)O2)CCC(C)(C)C1. The topological polar surface area (TPSA) is 48.0 Å². The number of allylic oxidation sites excluding steroid dienone is 1. The largest absolute Gasteiger partial charge is 0.490 e. The Bertz CT molecular complexity index is 1130. The average molecular weight is 561 g/mol. The molecule has 4 rings (SSSR count). The number of hydrogen-bond acceptors (Lipinski definition) is 4. The Balaban J connectivity index is 1.67. The van der Waals surface area contributed by atoms with Crippen LogP contribution in [0, 0.1) is 5.41 Å². The molecule has 2 heterocycles. The first-order chi connectivity index (χ1) is 17.6. The van der Waals surface area contributed by atoms with Crippen LogP contribution in [0.15, 0.2) is 29.2 Å². The first-order valence-electron chi connectivity index (χ1n) is 12.9. The van der Waals surface area contributed by atoms with Crippen LogP contribution in [-0.2, 0) is 26.4 Å². The summed E-state index contributed by atoms with van der Waals surface area (Å²) in [5.41, 5.74) is -2.69. The van der Waals surface area contributed by atoms with Gasteiger partial charge in [0.1, 0.15) is 6.10 Å². The van der Waals surface area contributed by atoms with Gasteiger partial charge in [0.05, 0.1) is 28.4 Å². The molecule has 2 atom stereocenters. The number of carbonyl (C=O) groups is 1. The van der Waals surface area contributed by atoms with Crippen LogP contribution in [0.3, 0.4) is 0 Å². The van der Waals surface area contributed by atoms with E-state index >= 15 is 0 Å². The van der Waals surface area contributed by atoms with Crippen LogP contribution in [0.2, 0.25) is 0 Å². The normalized spacial score (nSPS) is 26.8. The van der Waals surface area contributed by atoms with Crippen LogP contribution in [0.5, 0.6) is 0 Å². The van der Waals surface area contributed by atoms with Crippen LogP contribution < -0.4 is 0 Å². The van der Waals surface area contributed by atoms with Gasteiger partial charge >= 0.3 is 25.6 Å². The summed E-state index contributed by atoms with van der Waals surface area (Å²) in [6.07, 6.45) is -9.96. The van der Waals surface area contributed by atoms with Gasteiger partial charge in [-0.2, -0.15) is 26.3 Å². The fraction of sp³-hybridized carbons (Fsp3) is 0.667. The number of benzene rings is 1. The standard InChI is InChI=1S/C27H34BF6NO4/c1-15-21(16-10-18(26(29,30)31)12-19(11-16)27(32,33)34)37-22(36)35(15)14-17-13-23(2,3)9-8-20(17)28-38-24(4,5)25(6,7)39-28/h10-12,15,21H,8-9,13-14H2,1-7H3. The van der Waals surface area contributed by atoms with Crippen molar-refractivity contribution < 1.29 is 45.2 Å². The van der Waals surface area contributed by atoms with Crippen molar-refractivity contribution in [2.24, 2.45) is 5.41 Å². The van der Waals surface area contributed by atoms with Crippen molar-refractivity contribution in [2.75, 3.05) is 6.54 Å². The molecule has 0 saturated carbocycles. The Morgan fingerprint density at radius 1 is 0.923 bits per heavy atom. The fourth-order valence-electron chi connectivity index (χ4n) is 5.37. The molecule has 2 unspecified atom stereocenters. The van der Waals surface area contributed by atoms with E-state index in [2.05, 4.69) is 13.8 Å². The van der Waals surface area contributed by atoms with Crippen LogP contribution in [-0.4, -0.2) is 41.9 Å². The molecule has 0 aromatic heterocycles. The molecule has 1 aromatic carbocycles. The Labute approximate surface area is 225 Å². The van der Waals surface area contributed by atoms with E-state index in [0.29, 0.717) is 25.0 Å². The van der Waals surface area contributed by atoms with Gasteiger partial charge in [-0.1, -0.05) is 19.4 Å². The Morgan fingerprint density at radius 2 is 1.44 bits per heavy atom. The van der Waals surface area contributed by atoms with E-state index in [1.54, 1.807) is 6.92 Å². The number of ether oxygens (including phenoxy) is 1. The number of cyclic esters (lactones) is 1. The average Bonchev–Trinajstić information content (AvgIpc) is 3.16. The number of alkyl halides is 6. The summed E-state index contributed by atoms with van der Waals surface area (Å²) in [6, 6.07) is 0.478. The van der Waals surface area contributed by atoms with E-state index in [1.807, 2.05) is 27.7 Å². The molecule has 2 saturated heterocycles. The minimum absolute atomic E-state index is 0.0640. The van der Waals surface area contributed by atoms with Gasteiger partial charge < -0.3 is 14.0 Å². The number of carbonyl (C=O) groups excluding carboxylic acids is 1. The van der Waals surface area contributed by atoms with Gasteiger partial charge in [-0.25, -0.2) is 4.79 Å². The minimum atomic E-state index is -5.00. The second kappa shape index (κ2) is 9.43. The quantitative estimate of drug-likeness (QED) is 0.279. The Kier molecular flexibility index (Phi) is 7.20. The van der Waals surface area contributed by atoms with Crippen molar-refractivity contribution in [2.45, 2.75) is 103 Å². The highest BCUT2D eigenvalue weighted by atomic mass is 19.4. The fourth-order valence-corrected chi connectivity index (χ4v) is 5.37. The van der Waals surface area contributed by atoms with Gasteiger partial charge in [-0.3, -0.25) is 4.90 Å². The van der Waals surface area contributed by atoms with Crippen LogP contribution in [0.1, 0.15) is 90.5 Å². The molecule has 1 aromatic rings. The lowest BCUT2D eigenvalue weighted by Gasteiger charge is -2.36.